The molecule has 0 radical (unpaired) electrons. The van der Waals surface area contributed by atoms with Crippen LogP contribution in [-0.2, 0) is 4.79 Å². The van der Waals surface area contributed by atoms with Crippen LogP contribution in [0, 0.1) is 0 Å². The van der Waals surface area contributed by atoms with Gasteiger partial charge < -0.3 is 20.5 Å². The molecule has 6 heteroatoms. The zero-order valence-electron chi connectivity index (χ0n) is 9.43. The first-order valence-corrected chi connectivity index (χ1v) is 6.55. The minimum atomic E-state index is -0.504. The number of rotatable bonds is 4. The van der Waals surface area contributed by atoms with Gasteiger partial charge in [-0.25, -0.2) is 0 Å². The van der Waals surface area contributed by atoms with Gasteiger partial charge in [-0.1, -0.05) is 0 Å². The predicted octanol–water partition coefficient (Wildman–Crippen LogP) is 1.04. The second kappa shape index (κ2) is 5.29. The minimum Gasteiger partial charge on any atom is -0.454 e. The lowest BCUT2D eigenvalue weighted by Gasteiger charge is -2.11. The fourth-order valence-corrected chi connectivity index (χ4v) is 1.97. The van der Waals surface area contributed by atoms with Gasteiger partial charge >= 0.3 is 0 Å². The van der Waals surface area contributed by atoms with Crippen LogP contribution < -0.4 is 20.5 Å². The van der Waals surface area contributed by atoms with Crippen LogP contribution in [0.2, 0.25) is 0 Å². The molecule has 0 bridgehead atoms. The van der Waals surface area contributed by atoms with Gasteiger partial charge in [0.15, 0.2) is 11.5 Å². The summed E-state index contributed by atoms with van der Waals surface area (Å²) in [5.41, 5.74) is 6.36. The number of nitrogens with one attached hydrogen (secondary N) is 1. The lowest BCUT2D eigenvalue weighted by Crippen LogP contribution is -2.37. The molecule has 0 aliphatic carbocycles. The van der Waals surface area contributed by atoms with Gasteiger partial charge in [0.25, 0.3) is 0 Å². The molecule has 2 rings (SSSR count). The molecule has 17 heavy (non-hydrogen) atoms. The van der Waals surface area contributed by atoms with E-state index in [2.05, 4.69) is 5.32 Å². The Morgan fingerprint density at radius 1 is 1.53 bits per heavy atom. The molecular weight excluding hydrogens is 240 g/mol. The Morgan fingerprint density at radius 3 is 3.06 bits per heavy atom. The summed E-state index contributed by atoms with van der Waals surface area (Å²) in [5, 5.41) is 2.74. The highest BCUT2D eigenvalue weighted by atomic mass is 32.2. The van der Waals surface area contributed by atoms with Crippen molar-refractivity contribution in [3.63, 3.8) is 0 Å². The van der Waals surface area contributed by atoms with E-state index in [1.54, 1.807) is 18.2 Å². The van der Waals surface area contributed by atoms with Crippen LogP contribution in [0.5, 0.6) is 11.5 Å². The summed E-state index contributed by atoms with van der Waals surface area (Å²) < 4.78 is 10.4. The van der Waals surface area contributed by atoms with E-state index in [0.29, 0.717) is 22.9 Å². The Labute approximate surface area is 104 Å². The van der Waals surface area contributed by atoms with Gasteiger partial charge in [0.1, 0.15) is 0 Å². The van der Waals surface area contributed by atoms with Gasteiger partial charge in [-0.2, -0.15) is 11.8 Å². The van der Waals surface area contributed by atoms with E-state index in [1.807, 2.05) is 6.26 Å². The summed E-state index contributed by atoms with van der Waals surface area (Å²) in [6.45, 7) is 0.221. The standard InChI is InChI=1S/C11H14N2O3S/c1-17-5-8(12)11(14)13-7-2-3-9-10(4-7)16-6-15-9/h2-4,8H,5-6,12H2,1H3,(H,13,14)/t8-/m0/s1. The monoisotopic (exact) mass is 254 g/mol. The molecule has 0 unspecified atom stereocenters. The molecule has 1 atom stereocenters. The number of hydrogen-bond acceptors (Lipinski definition) is 5. The maximum absolute atomic E-state index is 11.7. The summed E-state index contributed by atoms with van der Waals surface area (Å²) in [6, 6.07) is 4.75. The van der Waals surface area contributed by atoms with E-state index < -0.39 is 6.04 Å². The van der Waals surface area contributed by atoms with Crippen LogP contribution in [0.4, 0.5) is 5.69 Å². The number of nitrogens with two attached hydrogens (primary N) is 1. The molecule has 1 heterocycles. The van der Waals surface area contributed by atoms with Crippen molar-refractivity contribution in [3.05, 3.63) is 18.2 Å². The van der Waals surface area contributed by atoms with E-state index in [1.165, 1.54) is 11.8 Å². The molecule has 92 valence electrons. The quantitative estimate of drug-likeness (QED) is 0.840. The van der Waals surface area contributed by atoms with Crippen molar-refractivity contribution in [2.24, 2.45) is 5.73 Å². The fraction of sp³-hybridized carbons (Fsp3) is 0.364. The van der Waals surface area contributed by atoms with E-state index in [-0.39, 0.29) is 12.7 Å². The lowest BCUT2D eigenvalue weighted by molar-refractivity contribution is -0.116. The number of hydrogen-bond donors (Lipinski definition) is 2. The van der Waals surface area contributed by atoms with Crippen LogP contribution in [0.25, 0.3) is 0 Å². The number of carbonyl (C=O) groups excluding carboxylic acids is 1. The topological polar surface area (TPSA) is 73.6 Å². The molecule has 0 aromatic heterocycles. The molecule has 5 nitrogen and oxygen atoms in total. The SMILES string of the molecule is CSC[C@H](N)C(=O)Nc1ccc2c(c1)OCO2. The largest absolute Gasteiger partial charge is 0.454 e. The number of amides is 1. The zero-order chi connectivity index (χ0) is 12.3. The normalized spacial score (nSPS) is 14.5. The van der Waals surface area contributed by atoms with Gasteiger partial charge in [-0.15, -0.1) is 0 Å². The average Bonchev–Trinajstić information content (AvgIpc) is 2.76. The summed E-state index contributed by atoms with van der Waals surface area (Å²) in [7, 11) is 0. The van der Waals surface area contributed by atoms with Gasteiger partial charge in [0.05, 0.1) is 6.04 Å². The van der Waals surface area contributed by atoms with Crippen molar-refractivity contribution in [2.45, 2.75) is 6.04 Å². The van der Waals surface area contributed by atoms with Gasteiger partial charge in [0, 0.05) is 17.5 Å². The van der Waals surface area contributed by atoms with Crippen molar-refractivity contribution in [1.82, 2.24) is 0 Å². The van der Waals surface area contributed by atoms with Crippen molar-refractivity contribution in [2.75, 3.05) is 24.1 Å². The number of thioether (sulfide) groups is 1. The number of anilines is 1. The Kier molecular flexibility index (Phi) is 3.75. The molecule has 0 saturated heterocycles. The molecule has 1 aromatic rings. The number of benzene rings is 1. The Morgan fingerprint density at radius 2 is 2.29 bits per heavy atom. The highest BCUT2D eigenvalue weighted by Gasteiger charge is 2.16. The molecular formula is C11H14N2O3S. The third kappa shape index (κ3) is 2.83. The van der Waals surface area contributed by atoms with Crippen LogP contribution >= 0.6 is 11.8 Å². The first-order valence-electron chi connectivity index (χ1n) is 5.15. The Hall–Kier alpha value is -1.40. The van der Waals surface area contributed by atoms with Gasteiger partial charge in [0.2, 0.25) is 12.7 Å². The maximum Gasteiger partial charge on any atom is 0.242 e. The molecule has 1 aromatic carbocycles. The third-order valence-corrected chi connectivity index (χ3v) is 3.02. The Bertz CT molecular complexity index is 425. The van der Waals surface area contributed by atoms with Gasteiger partial charge in [-0.3, -0.25) is 4.79 Å². The van der Waals surface area contributed by atoms with Crippen molar-refractivity contribution < 1.29 is 14.3 Å². The minimum absolute atomic E-state index is 0.196. The van der Waals surface area contributed by atoms with Gasteiger partial charge in [-0.05, 0) is 18.4 Å². The summed E-state index contributed by atoms with van der Waals surface area (Å²) >= 11 is 1.54. The second-order valence-corrected chi connectivity index (χ2v) is 4.53. The summed E-state index contributed by atoms with van der Waals surface area (Å²) in [5.74, 6) is 1.73. The number of carbonyl (C=O) groups is 1. The maximum atomic E-state index is 11.7. The fourth-order valence-electron chi connectivity index (χ4n) is 1.46. The first kappa shape index (κ1) is 12.1. The van der Waals surface area contributed by atoms with E-state index >= 15 is 0 Å². The highest BCUT2D eigenvalue weighted by molar-refractivity contribution is 7.98. The van der Waals surface area contributed by atoms with Crippen LogP contribution in [0.15, 0.2) is 18.2 Å². The predicted molar refractivity (Wildman–Crippen MR) is 67.6 cm³/mol. The van der Waals surface area contributed by atoms with Crippen LogP contribution in [0.1, 0.15) is 0 Å². The summed E-state index contributed by atoms with van der Waals surface area (Å²) in [6.07, 6.45) is 1.91. The third-order valence-electron chi connectivity index (χ3n) is 2.32. The van der Waals surface area contributed by atoms with Crippen molar-refractivity contribution in [1.29, 1.82) is 0 Å². The van der Waals surface area contributed by atoms with E-state index in [9.17, 15) is 4.79 Å². The summed E-state index contributed by atoms with van der Waals surface area (Å²) in [4.78, 5) is 11.7. The molecule has 1 amide bonds. The van der Waals surface area contributed by atoms with Crippen molar-refractivity contribution in [3.8, 4) is 11.5 Å². The molecule has 3 N–H and O–H groups in total. The molecule has 1 aliphatic heterocycles. The van der Waals surface area contributed by atoms with E-state index in [0.717, 1.165) is 0 Å². The average molecular weight is 254 g/mol. The number of fused-ring (bicyclic) bond motifs is 1. The second-order valence-electron chi connectivity index (χ2n) is 3.62. The van der Waals surface area contributed by atoms with Crippen LogP contribution in [-0.4, -0.2) is 30.8 Å². The Balaban J connectivity index is 2.01. The zero-order valence-corrected chi connectivity index (χ0v) is 10.3. The smallest absolute Gasteiger partial charge is 0.242 e. The first-order chi connectivity index (χ1) is 8.20. The molecule has 0 fully saturated rings. The van der Waals surface area contributed by atoms with Crippen molar-refractivity contribution >= 4 is 23.4 Å². The number of ether oxygens (including phenoxy) is 2. The molecule has 1 aliphatic rings. The van der Waals surface area contributed by atoms with Crippen LogP contribution in [0.3, 0.4) is 0 Å². The molecule has 0 saturated carbocycles. The molecule has 0 spiro atoms. The van der Waals surface area contributed by atoms with E-state index in [4.69, 9.17) is 15.2 Å². The highest BCUT2D eigenvalue weighted by Crippen LogP contribution is 2.34. The lowest BCUT2D eigenvalue weighted by atomic mass is 10.2.